The molecule has 0 fully saturated rings. The minimum absolute atomic E-state index is 0.0636. The highest BCUT2D eigenvalue weighted by molar-refractivity contribution is 7.99. The number of hydrogen-bond donors (Lipinski definition) is 1. The molecule has 0 saturated heterocycles. The summed E-state index contributed by atoms with van der Waals surface area (Å²) in [6.07, 6.45) is 3.16. The summed E-state index contributed by atoms with van der Waals surface area (Å²) < 4.78 is 27.3. The van der Waals surface area contributed by atoms with Crippen LogP contribution in [0.5, 0.6) is 0 Å². The molecule has 0 aliphatic heterocycles. The highest BCUT2D eigenvalue weighted by Crippen LogP contribution is 2.32. The third-order valence-electron chi connectivity index (χ3n) is 2.43. The van der Waals surface area contributed by atoms with Crippen molar-refractivity contribution in [2.45, 2.75) is 29.7 Å². The monoisotopic (exact) mass is 281 g/mol. The van der Waals surface area contributed by atoms with E-state index in [0.717, 1.165) is 42.4 Å². The van der Waals surface area contributed by atoms with Crippen molar-refractivity contribution in [3.8, 4) is 0 Å². The maximum absolute atomic E-state index is 13.7. The Hall–Kier alpha value is -1.69. The zero-order valence-corrected chi connectivity index (χ0v) is 11.2. The first-order valence-corrected chi connectivity index (χ1v) is 6.65. The van der Waals surface area contributed by atoms with Gasteiger partial charge in [0.2, 0.25) is 0 Å². The van der Waals surface area contributed by atoms with Gasteiger partial charge in [0.25, 0.3) is 0 Å². The van der Waals surface area contributed by atoms with Crippen LogP contribution in [0.2, 0.25) is 0 Å². The third-order valence-corrected chi connectivity index (χ3v) is 3.46. The summed E-state index contributed by atoms with van der Waals surface area (Å²) in [5.74, 6) is -1.36. The molecule has 0 aliphatic rings. The number of nitrogen functional groups attached to an aromatic ring is 1. The molecule has 0 unspecified atom stereocenters. The highest BCUT2D eigenvalue weighted by atomic mass is 32.2. The molecule has 3 nitrogen and oxygen atoms in total. The normalized spacial score (nSPS) is 10.7. The average Bonchev–Trinajstić information content (AvgIpc) is 2.35. The molecule has 1 aromatic carbocycles. The SMILES string of the molecule is CCCc1cc(Sc2c(F)cc(N)cc2F)ncn1. The van der Waals surface area contributed by atoms with Crippen molar-refractivity contribution < 1.29 is 8.78 Å². The smallest absolute Gasteiger partial charge is 0.142 e. The van der Waals surface area contributed by atoms with Gasteiger partial charge in [-0.15, -0.1) is 0 Å². The van der Waals surface area contributed by atoms with E-state index in [9.17, 15) is 8.78 Å². The zero-order valence-electron chi connectivity index (χ0n) is 10.4. The molecule has 0 aliphatic carbocycles. The lowest BCUT2D eigenvalue weighted by molar-refractivity contribution is 0.541. The zero-order chi connectivity index (χ0) is 13.8. The maximum atomic E-state index is 13.7. The number of halogens is 2. The Morgan fingerprint density at radius 2 is 1.84 bits per heavy atom. The van der Waals surface area contributed by atoms with Gasteiger partial charge < -0.3 is 5.73 Å². The third kappa shape index (κ3) is 3.41. The molecule has 19 heavy (non-hydrogen) atoms. The Balaban J connectivity index is 2.28. The number of rotatable bonds is 4. The van der Waals surface area contributed by atoms with Gasteiger partial charge in [-0.3, -0.25) is 0 Å². The number of anilines is 1. The van der Waals surface area contributed by atoms with Crippen LogP contribution in [0.15, 0.2) is 34.4 Å². The standard InChI is InChI=1S/C13H13F2N3S/c1-2-3-9-6-12(18-7-17-9)19-13-10(14)4-8(16)5-11(13)15/h4-7H,2-3,16H2,1H3. The van der Waals surface area contributed by atoms with Crippen molar-refractivity contribution >= 4 is 17.4 Å². The first-order chi connectivity index (χ1) is 9.10. The largest absolute Gasteiger partial charge is 0.399 e. The van der Waals surface area contributed by atoms with Gasteiger partial charge in [0.1, 0.15) is 23.0 Å². The fraction of sp³-hybridized carbons (Fsp3) is 0.231. The fourth-order valence-corrected chi connectivity index (χ4v) is 2.42. The summed E-state index contributed by atoms with van der Waals surface area (Å²) >= 11 is 0.933. The van der Waals surface area contributed by atoms with Gasteiger partial charge in [0, 0.05) is 11.4 Å². The Kier molecular flexibility index (Phi) is 4.31. The van der Waals surface area contributed by atoms with E-state index in [-0.39, 0.29) is 10.6 Å². The molecule has 2 rings (SSSR count). The van der Waals surface area contributed by atoms with Crippen LogP contribution in [0.25, 0.3) is 0 Å². The summed E-state index contributed by atoms with van der Waals surface area (Å²) in [5, 5.41) is 0.515. The molecule has 2 aromatic rings. The van der Waals surface area contributed by atoms with Crippen LogP contribution in [0.3, 0.4) is 0 Å². The number of nitrogens with zero attached hydrogens (tertiary/aromatic N) is 2. The van der Waals surface area contributed by atoms with Crippen molar-refractivity contribution in [1.82, 2.24) is 9.97 Å². The van der Waals surface area contributed by atoms with E-state index in [0.29, 0.717) is 5.03 Å². The lowest BCUT2D eigenvalue weighted by Gasteiger charge is -2.06. The molecule has 1 heterocycles. The van der Waals surface area contributed by atoms with Crippen molar-refractivity contribution in [3.63, 3.8) is 0 Å². The maximum Gasteiger partial charge on any atom is 0.142 e. The van der Waals surface area contributed by atoms with Gasteiger partial charge >= 0.3 is 0 Å². The number of hydrogen-bond acceptors (Lipinski definition) is 4. The summed E-state index contributed by atoms with van der Waals surface area (Å²) in [6.45, 7) is 2.04. The van der Waals surface area contributed by atoms with Gasteiger partial charge in [-0.25, -0.2) is 18.7 Å². The Morgan fingerprint density at radius 3 is 2.47 bits per heavy atom. The van der Waals surface area contributed by atoms with E-state index in [1.165, 1.54) is 6.33 Å². The minimum atomic E-state index is -0.682. The lowest BCUT2D eigenvalue weighted by Crippen LogP contribution is -1.95. The van der Waals surface area contributed by atoms with Gasteiger partial charge in [-0.05, 0) is 24.6 Å². The predicted octanol–water partition coefficient (Wildman–Crippen LogP) is 3.44. The molecule has 100 valence electrons. The minimum Gasteiger partial charge on any atom is -0.399 e. The van der Waals surface area contributed by atoms with Crippen LogP contribution in [0.1, 0.15) is 19.0 Å². The topological polar surface area (TPSA) is 51.8 Å². The molecule has 0 atom stereocenters. The first kappa shape index (κ1) is 13.7. The van der Waals surface area contributed by atoms with Crippen molar-refractivity contribution in [2.75, 3.05) is 5.73 Å². The van der Waals surface area contributed by atoms with E-state index in [1.807, 2.05) is 6.92 Å². The Labute approximate surface area is 114 Å². The van der Waals surface area contributed by atoms with Crippen LogP contribution in [0.4, 0.5) is 14.5 Å². The van der Waals surface area contributed by atoms with E-state index in [1.54, 1.807) is 6.07 Å². The van der Waals surface area contributed by atoms with Crippen molar-refractivity contribution in [1.29, 1.82) is 0 Å². The number of nitrogens with two attached hydrogens (primary N) is 1. The van der Waals surface area contributed by atoms with Crippen LogP contribution in [-0.2, 0) is 6.42 Å². The molecular weight excluding hydrogens is 268 g/mol. The summed E-state index contributed by atoms with van der Waals surface area (Å²) in [4.78, 5) is 8.01. The molecule has 2 N–H and O–H groups in total. The van der Waals surface area contributed by atoms with E-state index < -0.39 is 11.6 Å². The van der Waals surface area contributed by atoms with Crippen LogP contribution >= 0.6 is 11.8 Å². The molecule has 0 bridgehead atoms. The molecule has 0 radical (unpaired) electrons. The molecular formula is C13H13F2N3S. The molecule has 0 amide bonds. The lowest BCUT2D eigenvalue weighted by atomic mass is 10.2. The van der Waals surface area contributed by atoms with Gasteiger partial charge in [-0.2, -0.15) is 0 Å². The Bertz CT molecular complexity index is 567. The van der Waals surface area contributed by atoms with Gasteiger partial charge in [0.05, 0.1) is 4.90 Å². The van der Waals surface area contributed by atoms with E-state index in [2.05, 4.69) is 9.97 Å². The van der Waals surface area contributed by atoms with Crippen LogP contribution in [0, 0.1) is 11.6 Å². The second-order valence-electron chi connectivity index (χ2n) is 4.01. The second kappa shape index (κ2) is 5.97. The van der Waals surface area contributed by atoms with Gasteiger partial charge in [0.15, 0.2) is 0 Å². The average molecular weight is 281 g/mol. The quantitative estimate of drug-likeness (QED) is 0.689. The fourth-order valence-electron chi connectivity index (χ4n) is 1.61. The van der Waals surface area contributed by atoms with E-state index >= 15 is 0 Å². The van der Waals surface area contributed by atoms with Crippen molar-refractivity contribution in [3.05, 3.63) is 41.9 Å². The predicted molar refractivity (Wildman–Crippen MR) is 70.9 cm³/mol. The summed E-state index contributed by atoms with van der Waals surface area (Å²) in [7, 11) is 0. The summed E-state index contributed by atoms with van der Waals surface area (Å²) in [5.41, 5.74) is 6.29. The van der Waals surface area contributed by atoms with E-state index in [4.69, 9.17) is 5.73 Å². The number of benzene rings is 1. The van der Waals surface area contributed by atoms with Crippen LogP contribution in [-0.4, -0.2) is 9.97 Å². The Morgan fingerprint density at radius 1 is 1.16 bits per heavy atom. The molecule has 1 aromatic heterocycles. The van der Waals surface area contributed by atoms with Crippen LogP contribution < -0.4 is 5.73 Å². The molecule has 0 spiro atoms. The molecule has 6 heteroatoms. The first-order valence-electron chi connectivity index (χ1n) is 5.83. The van der Waals surface area contributed by atoms with Gasteiger partial charge in [-0.1, -0.05) is 25.1 Å². The number of aryl methyl sites for hydroxylation is 1. The summed E-state index contributed by atoms with van der Waals surface area (Å²) in [6, 6.07) is 3.93. The molecule has 0 saturated carbocycles. The number of aromatic nitrogens is 2. The van der Waals surface area contributed by atoms with Crippen molar-refractivity contribution in [2.24, 2.45) is 0 Å². The highest BCUT2D eigenvalue weighted by Gasteiger charge is 2.13. The second-order valence-corrected chi connectivity index (χ2v) is 5.04.